The molecule has 1 N–H and O–H groups in total. The molecule has 134 valence electrons. The zero-order chi connectivity index (χ0) is 18.6. The van der Waals surface area contributed by atoms with Gasteiger partial charge in [0.25, 0.3) is 0 Å². The van der Waals surface area contributed by atoms with Crippen LogP contribution in [0.15, 0.2) is 48.5 Å². The molecule has 0 aliphatic heterocycles. The number of carbonyl (C=O) groups excluding carboxylic acids is 1. The van der Waals surface area contributed by atoms with Crippen LogP contribution in [0.1, 0.15) is 6.92 Å². The number of nitrogens with one attached hydrogen (secondary N) is 1. The highest BCUT2D eigenvalue weighted by atomic mass is 35.5. The van der Waals surface area contributed by atoms with Crippen molar-refractivity contribution >= 4 is 38.9 Å². The van der Waals surface area contributed by atoms with Crippen LogP contribution in [0.25, 0.3) is 0 Å². The minimum atomic E-state index is -3.66. The molecule has 0 saturated heterocycles. The number of para-hydroxylation sites is 1. The molecule has 0 fully saturated rings. The summed E-state index contributed by atoms with van der Waals surface area (Å²) in [5.41, 5.74) is 0.777. The maximum Gasteiger partial charge on any atom is 0.248 e. The van der Waals surface area contributed by atoms with Crippen LogP contribution in [0.5, 0.6) is 5.75 Å². The molecule has 0 aliphatic rings. The summed E-state index contributed by atoms with van der Waals surface area (Å²) in [5, 5.41) is 3.09. The van der Waals surface area contributed by atoms with Crippen molar-refractivity contribution < 1.29 is 17.9 Å². The molecule has 2 rings (SSSR count). The predicted octanol–water partition coefficient (Wildman–Crippen LogP) is 3.14. The minimum Gasteiger partial charge on any atom is -0.495 e. The lowest BCUT2D eigenvalue weighted by Gasteiger charge is -2.28. The van der Waals surface area contributed by atoms with E-state index in [-0.39, 0.29) is 0 Å². The Labute approximate surface area is 152 Å². The summed E-state index contributed by atoms with van der Waals surface area (Å²) in [6.45, 7) is 1.51. The molecule has 8 heteroatoms. The Morgan fingerprint density at radius 3 is 2.40 bits per heavy atom. The Kier molecular flexibility index (Phi) is 5.92. The van der Waals surface area contributed by atoms with Gasteiger partial charge in [-0.1, -0.05) is 29.8 Å². The summed E-state index contributed by atoms with van der Waals surface area (Å²) in [5.74, 6) is -0.0783. The summed E-state index contributed by atoms with van der Waals surface area (Å²) >= 11 is 5.95. The summed E-state index contributed by atoms with van der Waals surface area (Å²) in [6.07, 6.45) is 1.06. The monoisotopic (exact) mass is 382 g/mol. The number of hydrogen-bond acceptors (Lipinski definition) is 4. The number of methoxy groups -OCH3 is 1. The van der Waals surface area contributed by atoms with E-state index >= 15 is 0 Å². The van der Waals surface area contributed by atoms with Crippen molar-refractivity contribution in [1.29, 1.82) is 0 Å². The van der Waals surface area contributed by atoms with E-state index < -0.39 is 22.0 Å². The van der Waals surface area contributed by atoms with Crippen LogP contribution in [0.4, 0.5) is 11.4 Å². The second-order valence-electron chi connectivity index (χ2n) is 5.40. The van der Waals surface area contributed by atoms with Crippen LogP contribution in [0.3, 0.4) is 0 Å². The fourth-order valence-corrected chi connectivity index (χ4v) is 3.75. The second kappa shape index (κ2) is 7.76. The van der Waals surface area contributed by atoms with Gasteiger partial charge in [0.1, 0.15) is 11.8 Å². The van der Waals surface area contributed by atoms with Crippen molar-refractivity contribution in [1.82, 2.24) is 0 Å². The summed E-state index contributed by atoms with van der Waals surface area (Å²) in [6, 6.07) is 12.3. The Hall–Kier alpha value is -2.25. The fraction of sp³-hybridized carbons (Fsp3) is 0.235. The molecule has 6 nitrogen and oxygen atoms in total. The molecule has 0 spiro atoms. The molecule has 2 aromatic carbocycles. The number of halogens is 1. The lowest BCUT2D eigenvalue weighted by Crippen LogP contribution is -2.45. The molecule has 2 aromatic rings. The number of nitrogens with zero attached hydrogens (tertiary/aromatic N) is 1. The van der Waals surface area contributed by atoms with E-state index in [1.165, 1.54) is 20.1 Å². The van der Waals surface area contributed by atoms with Gasteiger partial charge in [0.15, 0.2) is 0 Å². The number of hydrogen-bond donors (Lipinski definition) is 1. The normalized spacial score (nSPS) is 12.3. The first kappa shape index (κ1) is 19.1. The molecule has 0 heterocycles. The molecular formula is C17H19ClN2O4S. The highest BCUT2D eigenvalue weighted by molar-refractivity contribution is 7.92. The number of carbonyl (C=O) groups is 1. The van der Waals surface area contributed by atoms with E-state index in [4.69, 9.17) is 16.3 Å². The fourth-order valence-electron chi connectivity index (χ4n) is 2.40. The molecule has 1 atom stereocenters. The van der Waals surface area contributed by atoms with Crippen LogP contribution in [0, 0.1) is 0 Å². The van der Waals surface area contributed by atoms with Gasteiger partial charge in [0, 0.05) is 5.02 Å². The van der Waals surface area contributed by atoms with Gasteiger partial charge in [-0.15, -0.1) is 0 Å². The highest BCUT2D eigenvalue weighted by Gasteiger charge is 2.29. The molecule has 0 aliphatic carbocycles. The molecule has 0 radical (unpaired) electrons. The second-order valence-corrected chi connectivity index (χ2v) is 7.70. The maximum absolute atomic E-state index is 12.6. The van der Waals surface area contributed by atoms with Gasteiger partial charge in [0.05, 0.1) is 24.7 Å². The van der Waals surface area contributed by atoms with E-state index in [0.717, 1.165) is 10.6 Å². The van der Waals surface area contributed by atoms with Gasteiger partial charge in [-0.25, -0.2) is 8.42 Å². The van der Waals surface area contributed by atoms with Crippen LogP contribution in [-0.2, 0) is 14.8 Å². The molecule has 25 heavy (non-hydrogen) atoms. The first-order chi connectivity index (χ1) is 11.7. The molecule has 0 saturated carbocycles. The van der Waals surface area contributed by atoms with Crippen molar-refractivity contribution in [2.75, 3.05) is 23.0 Å². The van der Waals surface area contributed by atoms with Crippen molar-refractivity contribution in [3.8, 4) is 5.75 Å². The third kappa shape index (κ3) is 4.64. The van der Waals surface area contributed by atoms with Gasteiger partial charge in [0.2, 0.25) is 15.9 Å². The third-order valence-electron chi connectivity index (χ3n) is 3.52. The van der Waals surface area contributed by atoms with E-state index in [1.807, 2.05) is 0 Å². The van der Waals surface area contributed by atoms with Crippen LogP contribution < -0.4 is 14.4 Å². The minimum absolute atomic E-state index is 0.369. The smallest absolute Gasteiger partial charge is 0.248 e. The number of benzene rings is 2. The third-order valence-corrected chi connectivity index (χ3v) is 5.00. The Morgan fingerprint density at radius 1 is 1.20 bits per heavy atom. The van der Waals surface area contributed by atoms with Crippen LogP contribution >= 0.6 is 11.6 Å². The maximum atomic E-state index is 12.6. The number of amides is 1. The van der Waals surface area contributed by atoms with Crippen molar-refractivity contribution in [3.05, 3.63) is 53.6 Å². The van der Waals surface area contributed by atoms with E-state index in [1.54, 1.807) is 42.5 Å². The molecule has 1 amide bonds. The van der Waals surface area contributed by atoms with Crippen molar-refractivity contribution in [2.45, 2.75) is 13.0 Å². The van der Waals surface area contributed by atoms with Gasteiger partial charge < -0.3 is 10.1 Å². The quantitative estimate of drug-likeness (QED) is 0.832. The van der Waals surface area contributed by atoms with Gasteiger partial charge in [-0.2, -0.15) is 0 Å². The average molecular weight is 383 g/mol. The van der Waals surface area contributed by atoms with Crippen molar-refractivity contribution in [3.63, 3.8) is 0 Å². The summed E-state index contributed by atoms with van der Waals surface area (Å²) < 4.78 is 30.7. The number of sulfonamides is 1. The zero-order valence-corrected chi connectivity index (χ0v) is 15.6. The predicted molar refractivity (Wildman–Crippen MR) is 99.9 cm³/mol. The zero-order valence-electron chi connectivity index (χ0n) is 14.1. The highest BCUT2D eigenvalue weighted by Crippen LogP contribution is 2.28. The standard InChI is InChI=1S/C17H19ClN2O4S/c1-12(20(25(3,22)23)14-7-5-4-6-8-14)17(21)19-15-11-13(18)9-10-16(15)24-2/h4-12H,1-3H3,(H,19,21)/t12-/m0/s1. The molecule has 0 bridgehead atoms. The summed E-state index contributed by atoms with van der Waals surface area (Å²) in [7, 11) is -2.20. The lowest BCUT2D eigenvalue weighted by atomic mass is 10.2. The number of anilines is 2. The largest absolute Gasteiger partial charge is 0.495 e. The first-order valence-electron chi connectivity index (χ1n) is 7.43. The van der Waals surface area contributed by atoms with Gasteiger partial charge in [-0.3, -0.25) is 9.10 Å². The van der Waals surface area contributed by atoms with Gasteiger partial charge in [-0.05, 0) is 37.3 Å². The Morgan fingerprint density at radius 2 is 1.84 bits per heavy atom. The lowest BCUT2D eigenvalue weighted by molar-refractivity contribution is -0.116. The Bertz CT molecular complexity index is 856. The topological polar surface area (TPSA) is 75.7 Å². The SMILES string of the molecule is COc1ccc(Cl)cc1NC(=O)[C@H](C)N(c1ccccc1)S(C)(=O)=O. The van der Waals surface area contributed by atoms with Gasteiger partial charge >= 0.3 is 0 Å². The van der Waals surface area contributed by atoms with E-state index in [2.05, 4.69) is 5.32 Å². The molecule has 0 unspecified atom stereocenters. The van der Waals surface area contributed by atoms with Crippen LogP contribution in [-0.4, -0.2) is 33.7 Å². The van der Waals surface area contributed by atoms with Crippen molar-refractivity contribution in [2.24, 2.45) is 0 Å². The molecular weight excluding hydrogens is 364 g/mol. The summed E-state index contributed by atoms with van der Waals surface area (Å²) in [4.78, 5) is 12.6. The van der Waals surface area contributed by atoms with E-state index in [0.29, 0.717) is 22.1 Å². The average Bonchev–Trinajstić information content (AvgIpc) is 2.55. The first-order valence-corrected chi connectivity index (χ1v) is 9.65. The van der Waals surface area contributed by atoms with E-state index in [9.17, 15) is 13.2 Å². The number of ether oxygens (including phenoxy) is 1. The number of rotatable bonds is 6. The van der Waals surface area contributed by atoms with Crippen LogP contribution in [0.2, 0.25) is 5.02 Å². The molecule has 0 aromatic heterocycles. The Balaban J connectivity index is 2.33.